The van der Waals surface area contributed by atoms with Crippen molar-refractivity contribution in [3.63, 3.8) is 0 Å². The Kier molecular flexibility index (Phi) is 11.2. The zero-order chi connectivity index (χ0) is 38.3. The van der Waals surface area contributed by atoms with Gasteiger partial charge in [0, 0.05) is 49.6 Å². The molecule has 15 nitrogen and oxygen atoms in total. The van der Waals surface area contributed by atoms with Gasteiger partial charge in [0.15, 0.2) is 18.0 Å². The van der Waals surface area contributed by atoms with E-state index in [2.05, 4.69) is 25.8 Å². The van der Waals surface area contributed by atoms with Crippen LogP contribution in [0.15, 0.2) is 77.8 Å². The number of imide groups is 2. The summed E-state index contributed by atoms with van der Waals surface area (Å²) in [4.78, 5) is 81.0. The Hall–Kier alpha value is -6.51. The van der Waals surface area contributed by atoms with Gasteiger partial charge < -0.3 is 14.5 Å². The molecule has 0 radical (unpaired) electrons. The summed E-state index contributed by atoms with van der Waals surface area (Å²) < 4.78 is 13.0. The van der Waals surface area contributed by atoms with Gasteiger partial charge in [-0.2, -0.15) is 0 Å². The summed E-state index contributed by atoms with van der Waals surface area (Å²) >= 11 is 0. The number of aryl methyl sites for hydroxylation is 2. The molecule has 7 rings (SSSR count). The molecule has 15 heteroatoms. The second-order valence-corrected chi connectivity index (χ2v) is 13.5. The number of piperidine rings is 1. The molecule has 5 amide bonds. The minimum absolute atomic E-state index is 0.00825. The molecule has 55 heavy (non-hydrogen) atoms. The van der Waals surface area contributed by atoms with Crippen LogP contribution in [0.3, 0.4) is 0 Å². The van der Waals surface area contributed by atoms with Gasteiger partial charge in [-0.05, 0) is 49.1 Å². The number of rotatable bonds is 17. The molecule has 0 bridgehead atoms. The summed E-state index contributed by atoms with van der Waals surface area (Å²) in [5.74, 6) is -1.02. The molecule has 0 saturated carbocycles. The fourth-order valence-corrected chi connectivity index (χ4v) is 6.89. The van der Waals surface area contributed by atoms with E-state index in [-0.39, 0.29) is 48.0 Å². The third kappa shape index (κ3) is 8.20. The van der Waals surface area contributed by atoms with Crippen molar-refractivity contribution in [2.45, 2.75) is 70.3 Å². The summed E-state index contributed by atoms with van der Waals surface area (Å²) in [6.45, 7) is 0.0754. The maximum Gasteiger partial charge on any atom is 0.266 e. The Morgan fingerprint density at radius 1 is 0.909 bits per heavy atom. The molecule has 1 atom stereocenters. The number of fused-ring (bicyclic) bond motifs is 2. The molecular formula is C40H39N7O8. The number of aromatic nitrogens is 4. The predicted molar refractivity (Wildman–Crippen MR) is 196 cm³/mol. The smallest absolute Gasteiger partial charge is 0.266 e. The summed E-state index contributed by atoms with van der Waals surface area (Å²) in [7, 11) is 0. The van der Waals surface area contributed by atoms with Gasteiger partial charge in [-0.25, -0.2) is 4.98 Å². The van der Waals surface area contributed by atoms with Crippen molar-refractivity contribution in [3.05, 3.63) is 102 Å². The van der Waals surface area contributed by atoms with Gasteiger partial charge in [-0.1, -0.05) is 49.6 Å². The van der Waals surface area contributed by atoms with Gasteiger partial charge in [0.25, 0.3) is 17.7 Å². The van der Waals surface area contributed by atoms with Crippen LogP contribution in [0.1, 0.15) is 94.0 Å². The summed E-state index contributed by atoms with van der Waals surface area (Å²) in [6, 6.07) is 14.7. The van der Waals surface area contributed by atoms with Crippen molar-refractivity contribution in [1.82, 2.24) is 35.1 Å². The highest BCUT2D eigenvalue weighted by atomic mass is 16.5. The first-order valence-electron chi connectivity index (χ1n) is 18.4. The monoisotopic (exact) mass is 745 g/mol. The second kappa shape index (κ2) is 16.7. The normalized spacial score (nSPS) is 15.3. The van der Waals surface area contributed by atoms with Crippen molar-refractivity contribution in [3.8, 4) is 16.9 Å². The number of ketones is 1. The summed E-state index contributed by atoms with van der Waals surface area (Å²) in [6.07, 6.45) is 11.2. The first-order valence-corrected chi connectivity index (χ1v) is 18.4. The van der Waals surface area contributed by atoms with Gasteiger partial charge in [-0.3, -0.25) is 43.4 Å². The molecule has 1 unspecified atom stereocenters. The molecule has 1 saturated heterocycles. The number of unbranched alkanes of at least 4 members (excludes halogenated alkanes) is 4. The van der Waals surface area contributed by atoms with E-state index >= 15 is 0 Å². The van der Waals surface area contributed by atoms with Crippen LogP contribution in [0.25, 0.3) is 16.8 Å². The largest absolute Gasteiger partial charge is 0.483 e. The number of hydrogen-bond acceptors (Lipinski definition) is 11. The van der Waals surface area contributed by atoms with Crippen molar-refractivity contribution in [2.24, 2.45) is 0 Å². The van der Waals surface area contributed by atoms with E-state index in [0.29, 0.717) is 37.0 Å². The Morgan fingerprint density at radius 3 is 2.53 bits per heavy atom. The Bertz CT molecular complexity index is 2250. The van der Waals surface area contributed by atoms with Gasteiger partial charge in [-0.15, -0.1) is 10.2 Å². The lowest BCUT2D eigenvalue weighted by atomic mass is 10.0. The van der Waals surface area contributed by atoms with E-state index in [1.165, 1.54) is 18.2 Å². The molecule has 0 aliphatic carbocycles. The summed E-state index contributed by atoms with van der Waals surface area (Å²) in [5.41, 5.74) is 3.14. The highest BCUT2D eigenvalue weighted by Crippen LogP contribution is 2.33. The van der Waals surface area contributed by atoms with Crippen LogP contribution in [0, 0.1) is 0 Å². The van der Waals surface area contributed by atoms with Crippen molar-refractivity contribution in [2.75, 3.05) is 13.2 Å². The van der Waals surface area contributed by atoms with Crippen molar-refractivity contribution < 1.29 is 37.9 Å². The molecule has 5 aromatic rings. The molecule has 2 aliphatic rings. The van der Waals surface area contributed by atoms with Crippen LogP contribution in [0.4, 0.5) is 0 Å². The van der Waals surface area contributed by atoms with Crippen LogP contribution in [-0.2, 0) is 27.2 Å². The molecule has 2 aromatic carbocycles. The molecule has 2 aliphatic heterocycles. The van der Waals surface area contributed by atoms with Crippen molar-refractivity contribution in [1.29, 1.82) is 0 Å². The first kappa shape index (κ1) is 36.8. The Balaban J connectivity index is 0.795. The summed E-state index contributed by atoms with van der Waals surface area (Å²) in [5, 5.41) is 13.4. The number of carbonyl (C=O) groups is 6. The number of furan rings is 1. The van der Waals surface area contributed by atoms with E-state index < -0.39 is 29.7 Å². The van der Waals surface area contributed by atoms with E-state index in [1.54, 1.807) is 18.8 Å². The standard InChI is InChI=1S/C40H39N7O8/c48-31(26-14-12-25(13-15-26)29-22-42-33(46-24-43-45-37(29)46)18-16-27-8-7-21-54-27)10-4-2-1-3-5-20-41-35(50)23-55-32-11-6-9-28-36(32)40(53)47(39(28)52)30-17-19-34(49)44-38(30)51/h6-9,11-15,21-22,24,30H,1-5,10,16-20,23H2,(H,41,50)(H,44,49,51). The highest BCUT2D eigenvalue weighted by Gasteiger charge is 2.46. The lowest BCUT2D eigenvalue weighted by Gasteiger charge is -2.27. The fourth-order valence-electron chi connectivity index (χ4n) is 6.89. The van der Waals surface area contributed by atoms with E-state index in [4.69, 9.17) is 9.15 Å². The molecule has 2 N–H and O–H groups in total. The lowest BCUT2D eigenvalue weighted by molar-refractivity contribution is -0.136. The number of Topliss-reactive ketones (excluding diaryl/α,β-unsaturated/α-hetero) is 1. The lowest BCUT2D eigenvalue weighted by Crippen LogP contribution is -2.54. The average molecular weight is 746 g/mol. The number of benzene rings is 2. The number of nitrogens with one attached hydrogen (secondary N) is 2. The van der Waals surface area contributed by atoms with E-state index in [1.807, 2.05) is 40.8 Å². The number of ether oxygens (including phenoxy) is 1. The zero-order valence-electron chi connectivity index (χ0n) is 30.0. The number of carbonyl (C=O) groups excluding carboxylic acids is 6. The fraction of sp³-hybridized carbons (Fsp3) is 0.325. The Labute approximate surface area is 315 Å². The van der Waals surface area contributed by atoms with Crippen molar-refractivity contribution >= 4 is 41.0 Å². The average Bonchev–Trinajstić information content (AvgIpc) is 3.96. The van der Waals surface area contributed by atoms with E-state index in [0.717, 1.165) is 59.7 Å². The van der Waals surface area contributed by atoms with Gasteiger partial charge in [0.05, 0.1) is 17.4 Å². The minimum Gasteiger partial charge on any atom is -0.483 e. The maximum absolute atomic E-state index is 13.2. The minimum atomic E-state index is -1.09. The number of nitrogens with zero attached hydrogens (tertiary/aromatic N) is 5. The Morgan fingerprint density at radius 2 is 1.73 bits per heavy atom. The SMILES string of the molecule is O=C(COc1cccc2c1C(=O)N(C1CCC(=O)NC1=O)C2=O)NCCCCCCCC(=O)c1ccc(-c2cnc(CCc3ccco3)n3cnnc23)cc1. The number of hydrogen-bond donors (Lipinski definition) is 2. The van der Waals surface area contributed by atoms with Crippen LogP contribution in [0.2, 0.25) is 0 Å². The van der Waals surface area contributed by atoms with Gasteiger partial charge >= 0.3 is 0 Å². The molecule has 282 valence electrons. The molecule has 3 aromatic heterocycles. The quantitative estimate of drug-likeness (QED) is 0.0783. The maximum atomic E-state index is 13.2. The van der Waals surface area contributed by atoms with Crippen LogP contribution in [-0.4, -0.2) is 79.0 Å². The molecule has 1 fully saturated rings. The molecule has 5 heterocycles. The van der Waals surface area contributed by atoms with E-state index in [9.17, 15) is 28.8 Å². The third-order valence-electron chi connectivity index (χ3n) is 9.79. The van der Waals surface area contributed by atoms with Crippen LogP contribution in [0.5, 0.6) is 5.75 Å². The third-order valence-corrected chi connectivity index (χ3v) is 9.79. The molecule has 0 spiro atoms. The second-order valence-electron chi connectivity index (χ2n) is 13.5. The zero-order valence-corrected chi connectivity index (χ0v) is 30.0. The van der Waals surface area contributed by atoms with Gasteiger partial charge in [0.1, 0.15) is 29.7 Å². The molecular weight excluding hydrogens is 706 g/mol. The predicted octanol–water partition coefficient (Wildman–Crippen LogP) is 4.29. The van der Waals surface area contributed by atoms with Crippen LogP contribution < -0.4 is 15.4 Å². The van der Waals surface area contributed by atoms with Gasteiger partial charge in [0.2, 0.25) is 11.8 Å². The highest BCUT2D eigenvalue weighted by molar-refractivity contribution is 6.24. The topological polar surface area (TPSA) is 195 Å². The van der Waals surface area contributed by atoms with Crippen LogP contribution >= 0.6 is 0 Å². The number of amides is 5. The first-order chi connectivity index (χ1) is 26.8.